The highest BCUT2D eigenvalue weighted by molar-refractivity contribution is 9.10. The van der Waals surface area contributed by atoms with Crippen molar-refractivity contribution in [3.63, 3.8) is 0 Å². The Bertz CT molecular complexity index is 513. The van der Waals surface area contributed by atoms with Crippen LogP contribution < -0.4 is 0 Å². The van der Waals surface area contributed by atoms with E-state index in [-0.39, 0.29) is 17.7 Å². The van der Waals surface area contributed by atoms with E-state index in [2.05, 4.69) is 15.9 Å². The molecule has 1 fully saturated rings. The molecule has 2 rings (SSSR count). The summed E-state index contributed by atoms with van der Waals surface area (Å²) >= 11 is 3.45. The second-order valence-corrected chi connectivity index (χ2v) is 5.97. The number of ketones is 1. The number of nitrogens with zero attached hydrogens (tertiary/aromatic N) is 1. The molecular weight excluding hydrogens is 306 g/mol. The molecule has 19 heavy (non-hydrogen) atoms. The summed E-state index contributed by atoms with van der Waals surface area (Å²) in [5.41, 5.74) is 1.69. The zero-order valence-electron chi connectivity index (χ0n) is 11.3. The van der Waals surface area contributed by atoms with Crippen molar-refractivity contribution in [2.24, 2.45) is 0 Å². The number of halogens is 1. The van der Waals surface area contributed by atoms with E-state index in [0.29, 0.717) is 6.42 Å². The van der Waals surface area contributed by atoms with Crippen LogP contribution in [0, 0.1) is 6.92 Å². The molecule has 0 N–H and O–H groups in total. The van der Waals surface area contributed by atoms with Crippen LogP contribution in [0.3, 0.4) is 0 Å². The van der Waals surface area contributed by atoms with E-state index in [1.165, 1.54) is 0 Å². The summed E-state index contributed by atoms with van der Waals surface area (Å²) in [6.07, 6.45) is 2.38. The van der Waals surface area contributed by atoms with Gasteiger partial charge in [0.15, 0.2) is 0 Å². The molecule has 1 aliphatic rings. The maximum atomic E-state index is 12.6. The number of Topliss-reactive ketones (excluding diaryl/α,β-unsaturated/α-hetero) is 1. The molecule has 1 saturated heterocycles. The number of rotatable bonds is 3. The minimum absolute atomic E-state index is 0.0440. The van der Waals surface area contributed by atoms with Gasteiger partial charge in [-0.25, -0.2) is 0 Å². The lowest BCUT2D eigenvalue weighted by Crippen LogP contribution is -2.36. The van der Waals surface area contributed by atoms with E-state index >= 15 is 0 Å². The van der Waals surface area contributed by atoms with Crippen molar-refractivity contribution >= 4 is 27.6 Å². The molecule has 0 bridgehead atoms. The van der Waals surface area contributed by atoms with Crippen LogP contribution in [0.15, 0.2) is 22.7 Å². The molecule has 1 atom stereocenters. The molecule has 0 aliphatic carbocycles. The van der Waals surface area contributed by atoms with Gasteiger partial charge in [-0.05, 0) is 44.4 Å². The predicted octanol–water partition coefficient (Wildman–Crippen LogP) is 3.34. The van der Waals surface area contributed by atoms with Crippen LogP contribution >= 0.6 is 15.9 Å². The number of hydrogen-bond donors (Lipinski definition) is 0. The summed E-state index contributed by atoms with van der Waals surface area (Å²) < 4.78 is 0.945. The molecule has 1 aromatic rings. The van der Waals surface area contributed by atoms with Crippen molar-refractivity contribution in [2.75, 3.05) is 6.54 Å². The Morgan fingerprint density at radius 2 is 2.16 bits per heavy atom. The molecular formula is C15H18BrNO2. The Labute approximate surface area is 122 Å². The molecule has 4 heteroatoms. The molecule has 0 spiro atoms. The van der Waals surface area contributed by atoms with Crippen molar-refractivity contribution < 1.29 is 9.59 Å². The van der Waals surface area contributed by atoms with E-state index in [0.717, 1.165) is 35.0 Å². The number of hydrogen-bond acceptors (Lipinski definition) is 2. The highest BCUT2D eigenvalue weighted by Crippen LogP contribution is 2.26. The topological polar surface area (TPSA) is 37.4 Å². The van der Waals surface area contributed by atoms with Crippen LogP contribution in [0.1, 0.15) is 42.1 Å². The average molecular weight is 324 g/mol. The molecule has 0 saturated carbocycles. The van der Waals surface area contributed by atoms with Crippen LogP contribution in [0.25, 0.3) is 0 Å². The number of carbonyl (C=O) groups excluding carboxylic acids is 2. The minimum Gasteiger partial charge on any atom is -0.335 e. The first-order valence-electron chi connectivity index (χ1n) is 6.56. The van der Waals surface area contributed by atoms with Gasteiger partial charge in [0, 0.05) is 29.0 Å². The molecule has 3 nitrogen and oxygen atoms in total. The summed E-state index contributed by atoms with van der Waals surface area (Å²) in [6, 6.07) is 5.73. The van der Waals surface area contributed by atoms with Gasteiger partial charge < -0.3 is 4.90 Å². The van der Waals surface area contributed by atoms with Gasteiger partial charge in [0.2, 0.25) is 0 Å². The zero-order chi connectivity index (χ0) is 14.0. The Morgan fingerprint density at radius 3 is 2.84 bits per heavy atom. The quantitative estimate of drug-likeness (QED) is 0.855. The smallest absolute Gasteiger partial charge is 0.254 e. The third-order valence-electron chi connectivity index (χ3n) is 3.66. The van der Waals surface area contributed by atoms with Gasteiger partial charge in [-0.1, -0.05) is 22.0 Å². The Balaban J connectivity index is 2.23. The lowest BCUT2D eigenvalue weighted by molar-refractivity contribution is -0.117. The van der Waals surface area contributed by atoms with E-state index in [1.807, 2.05) is 30.0 Å². The molecule has 0 aromatic heterocycles. The lowest BCUT2D eigenvalue weighted by atomic mass is 10.1. The summed E-state index contributed by atoms with van der Waals surface area (Å²) in [7, 11) is 0. The van der Waals surface area contributed by atoms with Gasteiger partial charge in [0.1, 0.15) is 5.78 Å². The molecule has 1 aliphatic heterocycles. The van der Waals surface area contributed by atoms with Crippen molar-refractivity contribution in [2.45, 2.75) is 39.2 Å². The van der Waals surface area contributed by atoms with Crippen LogP contribution in [-0.2, 0) is 4.79 Å². The summed E-state index contributed by atoms with van der Waals surface area (Å²) in [6.45, 7) is 4.28. The molecule has 1 amide bonds. The first kappa shape index (κ1) is 14.3. The third-order valence-corrected chi connectivity index (χ3v) is 4.52. The van der Waals surface area contributed by atoms with E-state index in [1.54, 1.807) is 6.92 Å². The molecule has 0 radical (unpaired) electrons. The van der Waals surface area contributed by atoms with Crippen LogP contribution in [-0.4, -0.2) is 29.2 Å². The van der Waals surface area contributed by atoms with Gasteiger partial charge in [0.05, 0.1) is 0 Å². The first-order valence-corrected chi connectivity index (χ1v) is 7.35. The summed E-state index contributed by atoms with van der Waals surface area (Å²) in [5, 5.41) is 0. The minimum atomic E-state index is 0.0440. The highest BCUT2D eigenvalue weighted by Gasteiger charge is 2.30. The van der Waals surface area contributed by atoms with E-state index in [4.69, 9.17) is 0 Å². The number of carbonyl (C=O) groups is 2. The SMILES string of the molecule is CC(=O)CC1CCCN1C(=O)c1cccc(Br)c1C. The maximum Gasteiger partial charge on any atom is 0.254 e. The van der Waals surface area contributed by atoms with Gasteiger partial charge in [-0.3, -0.25) is 9.59 Å². The second kappa shape index (κ2) is 5.87. The fourth-order valence-electron chi connectivity index (χ4n) is 2.64. The van der Waals surface area contributed by atoms with Crippen LogP contribution in [0.4, 0.5) is 0 Å². The van der Waals surface area contributed by atoms with Gasteiger partial charge in [-0.15, -0.1) is 0 Å². The standard InChI is InChI=1S/C15H18BrNO2/c1-10(18)9-12-5-4-8-17(12)15(19)13-6-3-7-14(16)11(13)2/h3,6-7,12H,4-5,8-9H2,1-2H3. The van der Waals surface area contributed by atoms with Gasteiger partial charge >= 0.3 is 0 Å². The summed E-state index contributed by atoms with van der Waals surface area (Å²) in [4.78, 5) is 25.7. The number of amides is 1. The Kier molecular flexibility index (Phi) is 4.40. The highest BCUT2D eigenvalue weighted by atomic mass is 79.9. The first-order chi connectivity index (χ1) is 9.00. The fraction of sp³-hybridized carbons (Fsp3) is 0.467. The van der Waals surface area contributed by atoms with Gasteiger partial charge in [0.25, 0.3) is 5.91 Å². The van der Waals surface area contributed by atoms with Crippen LogP contribution in [0.2, 0.25) is 0 Å². The van der Waals surface area contributed by atoms with Crippen molar-refractivity contribution in [1.82, 2.24) is 4.90 Å². The van der Waals surface area contributed by atoms with E-state index < -0.39 is 0 Å². The zero-order valence-corrected chi connectivity index (χ0v) is 12.9. The van der Waals surface area contributed by atoms with Crippen LogP contribution in [0.5, 0.6) is 0 Å². The Hall–Kier alpha value is -1.16. The fourth-order valence-corrected chi connectivity index (χ4v) is 3.01. The number of likely N-dealkylation sites (tertiary alicyclic amines) is 1. The summed E-state index contributed by atoms with van der Waals surface area (Å²) in [5.74, 6) is 0.193. The molecule has 1 heterocycles. The predicted molar refractivity (Wildman–Crippen MR) is 78.2 cm³/mol. The van der Waals surface area contributed by atoms with Crippen molar-refractivity contribution in [3.8, 4) is 0 Å². The molecule has 1 aromatic carbocycles. The van der Waals surface area contributed by atoms with Gasteiger partial charge in [-0.2, -0.15) is 0 Å². The molecule has 1 unspecified atom stereocenters. The van der Waals surface area contributed by atoms with Crippen molar-refractivity contribution in [3.05, 3.63) is 33.8 Å². The van der Waals surface area contributed by atoms with E-state index in [9.17, 15) is 9.59 Å². The monoisotopic (exact) mass is 323 g/mol. The largest absolute Gasteiger partial charge is 0.335 e. The Morgan fingerprint density at radius 1 is 1.42 bits per heavy atom. The molecule has 102 valence electrons. The number of benzene rings is 1. The average Bonchev–Trinajstić information content (AvgIpc) is 2.79. The van der Waals surface area contributed by atoms with Crippen molar-refractivity contribution in [1.29, 1.82) is 0 Å². The maximum absolute atomic E-state index is 12.6. The normalized spacial score (nSPS) is 18.7. The second-order valence-electron chi connectivity index (χ2n) is 5.11. The third kappa shape index (κ3) is 3.06. The lowest BCUT2D eigenvalue weighted by Gasteiger charge is -2.25.